The maximum absolute atomic E-state index is 12.1. The quantitative estimate of drug-likeness (QED) is 0.858. The molecule has 0 spiro atoms. The van der Waals surface area contributed by atoms with Crippen molar-refractivity contribution in [3.8, 4) is 0 Å². The Labute approximate surface area is 133 Å². The first kappa shape index (κ1) is 16.2. The fourth-order valence-corrected chi connectivity index (χ4v) is 2.86. The molecule has 5 nitrogen and oxygen atoms in total. The Balaban J connectivity index is 2.02. The minimum atomic E-state index is -1.08. The van der Waals surface area contributed by atoms with Crippen LogP contribution >= 0.6 is 11.3 Å². The maximum Gasteiger partial charge on any atom is 0.346 e. The molecule has 0 aliphatic rings. The van der Waals surface area contributed by atoms with Crippen molar-refractivity contribution in [2.75, 3.05) is 14.1 Å². The molecule has 2 rings (SSSR count). The number of nitrogens with one attached hydrogen (secondary N) is 1. The fourth-order valence-electron chi connectivity index (χ4n) is 2.13. The first-order valence-electron chi connectivity index (χ1n) is 6.79. The normalized spacial score (nSPS) is 10.7. The second kappa shape index (κ2) is 7.20. The van der Waals surface area contributed by atoms with Gasteiger partial charge < -0.3 is 15.3 Å². The third kappa shape index (κ3) is 4.16. The smallest absolute Gasteiger partial charge is 0.346 e. The molecule has 0 radical (unpaired) electrons. The summed E-state index contributed by atoms with van der Waals surface area (Å²) in [6.45, 7) is 1.20. The van der Waals surface area contributed by atoms with Gasteiger partial charge in [-0.3, -0.25) is 4.79 Å². The number of carbonyl (C=O) groups is 2. The minimum Gasteiger partial charge on any atom is -0.477 e. The minimum absolute atomic E-state index is 0.0684. The Morgan fingerprint density at radius 1 is 1.23 bits per heavy atom. The van der Waals surface area contributed by atoms with Gasteiger partial charge in [-0.05, 0) is 36.7 Å². The lowest BCUT2D eigenvalue weighted by Crippen LogP contribution is -2.24. The number of carbonyl (C=O) groups excluding carboxylic acids is 1. The van der Waals surface area contributed by atoms with Gasteiger partial charge in [0, 0.05) is 13.1 Å². The zero-order valence-electron chi connectivity index (χ0n) is 12.5. The van der Waals surface area contributed by atoms with Crippen LogP contribution in [-0.2, 0) is 13.1 Å². The van der Waals surface area contributed by atoms with Crippen molar-refractivity contribution in [2.24, 2.45) is 0 Å². The largest absolute Gasteiger partial charge is 0.477 e. The van der Waals surface area contributed by atoms with Gasteiger partial charge in [-0.1, -0.05) is 24.3 Å². The molecule has 6 heteroatoms. The highest BCUT2D eigenvalue weighted by atomic mass is 32.1. The molecule has 0 atom stereocenters. The number of carboxylic acid groups (broad SMARTS) is 1. The molecule has 22 heavy (non-hydrogen) atoms. The predicted molar refractivity (Wildman–Crippen MR) is 86.3 cm³/mol. The molecule has 2 aromatic rings. The first-order chi connectivity index (χ1) is 10.5. The maximum atomic E-state index is 12.1. The number of rotatable bonds is 6. The highest BCUT2D eigenvalue weighted by Crippen LogP contribution is 2.17. The molecule has 2 N–H and O–H groups in total. The average molecular weight is 318 g/mol. The summed E-state index contributed by atoms with van der Waals surface area (Å²) in [5.74, 6) is -1.44. The van der Waals surface area contributed by atoms with Gasteiger partial charge in [0.15, 0.2) is 0 Å². The number of amides is 1. The van der Waals surface area contributed by atoms with Crippen LogP contribution < -0.4 is 5.32 Å². The number of thiophene rings is 1. The van der Waals surface area contributed by atoms with E-state index in [0.29, 0.717) is 6.54 Å². The molecule has 116 valence electrons. The summed E-state index contributed by atoms with van der Waals surface area (Å²) in [5, 5.41) is 13.4. The van der Waals surface area contributed by atoms with E-state index < -0.39 is 5.97 Å². The molecule has 0 saturated heterocycles. The summed E-state index contributed by atoms with van der Waals surface area (Å²) >= 11 is 1.05. The van der Waals surface area contributed by atoms with Gasteiger partial charge in [0.2, 0.25) is 0 Å². The van der Waals surface area contributed by atoms with Gasteiger partial charge in [-0.2, -0.15) is 0 Å². The average Bonchev–Trinajstić information content (AvgIpc) is 2.94. The fraction of sp³-hybridized carbons (Fsp3) is 0.250. The van der Waals surface area contributed by atoms with E-state index in [1.54, 1.807) is 5.38 Å². The van der Waals surface area contributed by atoms with Crippen molar-refractivity contribution in [3.05, 3.63) is 57.3 Å². The number of hydrogen-bond acceptors (Lipinski definition) is 4. The standard InChI is InChI=1S/C16H18N2O3S/c1-18(2)10-12-5-3-4-11(8-12)9-17-15(19)13-6-7-22-14(13)16(20)21/h3-8H,9-10H2,1-2H3,(H,17,19)(H,20,21). The molecule has 0 unspecified atom stereocenters. The predicted octanol–water partition coefficient (Wildman–Crippen LogP) is 2.44. The Hall–Kier alpha value is -2.18. The Kier molecular flexibility index (Phi) is 5.30. The molecule has 1 heterocycles. The molecule has 0 bridgehead atoms. The molecule has 1 aromatic carbocycles. The topological polar surface area (TPSA) is 69.6 Å². The van der Waals surface area contributed by atoms with Crippen LogP contribution in [0, 0.1) is 0 Å². The number of aromatic carboxylic acids is 1. The SMILES string of the molecule is CN(C)Cc1cccc(CNC(=O)c2ccsc2C(=O)O)c1. The summed E-state index contributed by atoms with van der Waals surface area (Å²) in [5.41, 5.74) is 2.36. The molecular weight excluding hydrogens is 300 g/mol. The second-order valence-corrected chi connectivity index (χ2v) is 6.13. The summed E-state index contributed by atoms with van der Waals surface area (Å²) in [7, 11) is 4.00. The van der Waals surface area contributed by atoms with Gasteiger partial charge in [-0.15, -0.1) is 11.3 Å². The Morgan fingerprint density at radius 3 is 2.64 bits per heavy atom. The summed E-state index contributed by atoms with van der Waals surface area (Å²) in [4.78, 5) is 25.3. The zero-order valence-corrected chi connectivity index (χ0v) is 13.3. The Morgan fingerprint density at radius 2 is 1.95 bits per heavy atom. The summed E-state index contributed by atoms with van der Waals surface area (Å²) in [6.07, 6.45) is 0. The second-order valence-electron chi connectivity index (χ2n) is 5.21. The molecule has 1 amide bonds. The van der Waals surface area contributed by atoms with Crippen molar-refractivity contribution in [2.45, 2.75) is 13.1 Å². The van der Waals surface area contributed by atoms with Crippen molar-refractivity contribution < 1.29 is 14.7 Å². The van der Waals surface area contributed by atoms with Crippen LogP contribution in [0.15, 0.2) is 35.7 Å². The van der Waals surface area contributed by atoms with Crippen LogP contribution in [0.4, 0.5) is 0 Å². The molecule has 0 aliphatic heterocycles. The molecular formula is C16H18N2O3S. The van der Waals surface area contributed by atoms with Crippen LogP contribution in [0.2, 0.25) is 0 Å². The van der Waals surface area contributed by atoms with Crippen molar-refractivity contribution in [1.29, 1.82) is 0 Å². The molecule has 0 aliphatic carbocycles. The first-order valence-corrected chi connectivity index (χ1v) is 7.67. The van der Waals surface area contributed by atoms with E-state index in [1.807, 2.05) is 38.4 Å². The summed E-state index contributed by atoms with van der Waals surface area (Å²) in [6, 6.07) is 9.49. The number of nitrogens with zero attached hydrogens (tertiary/aromatic N) is 1. The Bertz CT molecular complexity index is 680. The van der Waals surface area contributed by atoms with E-state index in [1.165, 1.54) is 11.6 Å². The van der Waals surface area contributed by atoms with Crippen LogP contribution in [0.5, 0.6) is 0 Å². The van der Waals surface area contributed by atoms with Crippen LogP contribution in [-0.4, -0.2) is 36.0 Å². The molecule has 0 saturated carbocycles. The van der Waals surface area contributed by atoms with Crippen molar-refractivity contribution >= 4 is 23.2 Å². The third-order valence-corrected chi connectivity index (χ3v) is 3.95. The van der Waals surface area contributed by atoms with Gasteiger partial charge in [-0.25, -0.2) is 4.79 Å². The van der Waals surface area contributed by atoms with E-state index in [2.05, 4.69) is 10.2 Å². The van der Waals surface area contributed by atoms with E-state index in [-0.39, 0.29) is 16.3 Å². The number of hydrogen-bond donors (Lipinski definition) is 2. The highest BCUT2D eigenvalue weighted by molar-refractivity contribution is 7.12. The van der Waals surface area contributed by atoms with E-state index in [4.69, 9.17) is 5.11 Å². The van der Waals surface area contributed by atoms with E-state index in [9.17, 15) is 9.59 Å². The third-order valence-electron chi connectivity index (χ3n) is 3.05. The van der Waals surface area contributed by atoms with Crippen LogP contribution in [0.25, 0.3) is 0 Å². The lowest BCUT2D eigenvalue weighted by molar-refractivity contribution is 0.0696. The zero-order chi connectivity index (χ0) is 16.1. The number of benzene rings is 1. The lowest BCUT2D eigenvalue weighted by atomic mass is 10.1. The van der Waals surface area contributed by atoms with Crippen molar-refractivity contribution in [3.63, 3.8) is 0 Å². The van der Waals surface area contributed by atoms with Gasteiger partial charge in [0.25, 0.3) is 5.91 Å². The molecule has 0 fully saturated rings. The number of carboxylic acids is 1. The van der Waals surface area contributed by atoms with Gasteiger partial charge in [0.1, 0.15) is 4.88 Å². The van der Waals surface area contributed by atoms with E-state index >= 15 is 0 Å². The lowest BCUT2D eigenvalue weighted by Gasteiger charge is -2.11. The van der Waals surface area contributed by atoms with Crippen LogP contribution in [0.1, 0.15) is 31.2 Å². The summed E-state index contributed by atoms with van der Waals surface area (Å²) < 4.78 is 0. The molecule has 1 aromatic heterocycles. The van der Waals surface area contributed by atoms with E-state index in [0.717, 1.165) is 23.4 Å². The highest BCUT2D eigenvalue weighted by Gasteiger charge is 2.17. The van der Waals surface area contributed by atoms with Crippen molar-refractivity contribution in [1.82, 2.24) is 10.2 Å². The van der Waals surface area contributed by atoms with Gasteiger partial charge in [0.05, 0.1) is 5.56 Å². The van der Waals surface area contributed by atoms with Gasteiger partial charge >= 0.3 is 5.97 Å². The monoisotopic (exact) mass is 318 g/mol. The van der Waals surface area contributed by atoms with Crippen LogP contribution in [0.3, 0.4) is 0 Å².